The molecule has 0 saturated heterocycles. The first kappa shape index (κ1) is 16.9. The highest BCUT2D eigenvalue weighted by Gasteiger charge is 2.16. The van der Waals surface area contributed by atoms with Crippen LogP contribution >= 0.6 is 23.2 Å². The fraction of sp³-hybridized carbons (Fsp3) is 0.500. The van der Waals surface area contributed by atoms with Crippen molar-refractivity contribution < 1.29 is 14.9 Å². The van der Waals surface area contributed by atoms with Crippen molar-refractivity contribution >= 4 is 29.2 Å². The molecule has 0 atom stereocenters. The highest BCUT2D eigenvalue weighted by molar-refractivity contribution is 6.55. The van der Waals surface area contributed by atoms with Crippen molar-refractivity contribution in [1.82, 2.24) is 0 Å². The molecular weight excluding hydrogens is 239 g/mol. The third-order valence-electron chi connectivity index (χ3n) is 1.82. The molecule has 0 spiro atoms. The van der Waals surface area contributed by atoms with E-state index in [-0.39, 0.29) is 10.4 Å². The van der Waals surface area contributed by atoms with Gasteiger partial charge in [0.25, 0.3) is 0 Å². The van der Waals surface area contributed by atoms with E-state index in [9.17, 15) is 4.79 Å². The van der Waals surface area contributed by atoms with Gasteiger partial charge in [-0.3, -0.25) is 4.89 Å². The van der Waals surface area contributed by atoms with Crippen molar-refractivity contribution in [2.75, 3.05) is 0 Å². The van der Waals surface area contributed by atoms with Crippen LogP contribution in [0.25, 0.3) is 0 Å². The second-order valence-electron chi connectivity index (χ2n) is 2.76. The van der Waals surface area contributed by atoms with Crippen LogP contribution in [-0.2, 0) is 9.68 Å². The van der Waals surface area contributed by atoms with Crippen molar-refractivity contribution in [1.29, 1.82) is 0 Å². The standard InChI is InChI=1S/C8H14O3.C2H2Cl2/c1-4-7(5-2)6(3)8(9)11-10;1-2(3)4/h7,10H,3-5H2,1-2H3;1H2. The van der Waals surface area contributed by atoms with E-state index in [0.29, 0.717) is 5.57 Å². The molecule has 1 N–H and O–H groups in total. The minimum absolute atomic E-state index is 0.111. The summed E-state index contributed by atoms with van der Waals surface area (Å²) in [6, 6.07) is 0. The predicted octanol–water partition coefficient (Wildman–Crippen LogP) is 3.93. The van der Waals surface area contributed by atoms with E-state index in [1.807, 2.05) is 13.8 Å². The third-order valence-corrected chi connectivity index (χ3v) is 1.82. The van der Waals surface area contributed by atoms with E-state index in [0.717, 1.165) is 12.8 Å². The summed E-state index contributed by atoms with van der Waals surface area (Å²) >= 11 is 9.69. The lowest BCUT2D eigenvalue weighted by Crippen LogP contribution is -2.12. The molecule has 0 heterocycles. The average molecular weight is 255 g/mol. The van der Waals surface area contributed by atoms with Crippen LogP contribution in [0.1, 0.15) is 26.7 Å². The zero-order valence-corrected chi connectivity index (χ0v) is 10.4. The molecule has 0 rings (SSSR count). The lowest BCUT2D eigenvalue weighted by Gasteiger charge is -2.11. The van der Waals surface area contributed by atoms with Gasteiger partial charge in [-0.15, -0.1) is 0 Å². The number of hydrogen-bond acceptors (Lipinski definition) is 3. The Kier molecular flexibility index (Phi) is 11.3. The van der Waals surface area contributed by atoms with Crippen LogP contribution < -0.4 is 0 Å². The second-order valence-corrected chi connectivity index (χ2v) is 3.86. The molecule has 0 saturated carbocycles. The van der Waals surface area contributed by atoms with Gasteiger partial charge in [0.05, 0.1) is 4.49 Å². The van der Waals surface area contributed by atoms with Gasteiger partial charge in [-0.25, -0.2) is 4.79 Å². The quantitative estimate of drug-likeness (QED) is 0.470. The number of halogens is 2. The molecule has 0 bridgehead atoms. The van der Waals surface area contributed by atoms with Gasteiger partial charge in [0.2, 0.25) is 0 Å². The van der Waals surface area contributed by atoms with E-state index < -0.39 is 5.97 Å². The van der Waals surface area contributed by atoms with Gasteiger partial charge in [-0.2, -0.15) is 5.26 Å². The summed E-state index contributed by atoms with van der Waals surface area (Å²) in [5.74, 6) is -0.603. The van der Waals surface area contributed by atoms with Gasteiger partial charge >= 0.3 is 5.97 Å². The highest BCUT2D eigenvalue weighted by atomic mass is 35.5. The van der Waals surface area contributed by atoms with Gasteiger partial charge in [-0.1, -0.05) is 50.2 Å². The summed E-state index contributed by atoms with van der Waals surface area (Å²) in [6.07, 6.45) is 1.68. The smallest absolute Gasteiger partial charge is 0.296 e. The molecule has 0 aromatic rings. The Labute approximate surface area is 100 Å². The maximum Gasteiger partial charge on any atom is 0.368 e. The Balaban J connectivity index is 0. The normalized spacial score (nSPS) is 8.93. The van der Waals surface area contributed by atoms with E-state index in [4.69, 9.17) is 28.5 Å². The van der Waals surface area contributed by atoms with Gasteiger partial charge in [0, 0.05) is 5.57 Å². The van der Waals surface area contributed by atoms with Crippen molar-refractivity contribution in [3.8, 4) is 0 Å². The molecule has 0 radical (unpaired) electrons. The molecule has 0 aromatic heterocycles. The summed E-state index contributed by atoms with van der Waals surface area (Å²) in [4.78, 5) is 14.3. The second kappa shape index (κ2) is 10.0. The molecule has 0 aromatic carbocycles. The Morgan fingerprint density at radius 2 is 1.67 bits per heavy atom. The minimum Gasteiger partial charge on any atom is -0.296 e. The van der Waals surface area contributed by atoms with E-state index in [1.54, 1.807) is 0 Å². The number of rotatable bonds is 4. The van der Waals surface area contributed by atoms with Crippen LogP contribution in [0.15, 0.2) is 23.2 Å². The Morgan fingerprint density at radius 1 is 1.33 bits per heavy atom. The molecule has 3 nitrogen and oxygen atoms in total. The molecule has 0 aliphatic carbocycles. The maximum atomic E-state index is 10.7. The molecule has 15 heavy (non-hydrogen) atoms. The third kappa shape index (κ3) is 9.79. The van der Waals surface area contributed by atoms with Gasteiger partial charge in [0.15, 0.2) is 0 Å². The molecule has 5 heteroatoms. The molecule has 0 aliphatic heterocycles. The maximum absolute atomic E-state index is 10.7. The first-order chi connectivity index (χ1) is 6.90. The zero-order valence-electron chi connectivity index (χ0n) is 8.93. The Morgan fingerprint density at radius 3 is 1.87 bits per heavy atom. The minimum atomic E-state index is -0.723. The largest absolute Gasteiger partial charge is 0.368 e. The molecular formula is C10H16Cl2O3. The summed E-state index contributed by atoms with van der Waals surface area (Å²) in [6.45, 7) is 10.5. The van der Waals surface area contributed by atoms with Gasteiger partial charge in [0.1, 0.15) is 0 Å². The number of carbonyl (C=O) groups is 1. The van der Waals surface area contributed by atoms with Crippen LogP contribution in [-0.4, -0.2) is 11.2 Å². The summed E-state index contributed by atoms with van der Waals surface area (Å²) in [5.41, 5.74) is 0.345. The molecule has 0 unspecified atom stereocenters. The summed E-state index contributed by atoms with van der Waals surface area (Å²) in [5, 5.41) is 8.03. The van der Waals surface area contributed by atoms with Crippen molar-refractivity contribution in [3.05, 3.63) is 23.2 Å². The summed E-state index contributed by atoms with van der Waals surface area (Å²) in [7, 11) is 0. The fourth-order valence-corrected chi connectivity index (χ4v) is 1.01. The topological polar surface area (TPSA) is 46.5 Å². The lowest BCUT2D eigenvalue weighted by atomic mass is 9.95. The van der Waals surface area contributed by atoms with E-state index in [2.05, 4.69) is 18.0 Å². The van der Waals surface area contributed by atoms with E-state index >= 15 is 0 Å². The highest BCUT2D eigenvalue weighted by Crippen LogP contribution is 2.17. The molecule has 0 aliphatic rings. The molecule has 0 fully saturated rings. The first-order valence-corrected chi connectivity index (χ1v) is 5.20. The average Bonchev–Trinajstić information content (AvgIpc) is 2.17. The van der Waals surface area contributed by atoms with Crippen LogP contribution in [0, 0.1) is 5.92 Å². The van der Waals surface area contributed by atoms with Crippen molar-refractivity contribution in [3.63, 3.8) is 0 Å². The predicted molar refractivity (Wildman–Crippen MR) is 62.8 cm³/mol. The van der Waals surface area contributed by atoms with Crippen LogP contribution in [0.3, 0.4) is 0 Å². The monoisotopic (exact) mass is 254 g/mol. The lowest BCUT2D eigenvalue weighted by molar-refractivity contribution is -0.230. The Bertz CT molecular complexity index is 219. The van der Waals surface area contributed by atoms with Crippen LogP contribution in [0.4, 0.5) is 0 Å². The van der Waals surface area contributed by atoms with Gasteiger partial charge < -0.3 is 0 Å². The Hall–Kier alpha value is -0.510. The first-order valence-electron chi connectivity index (χ1n) is 4.45. The van der Waals surface area contributed by atoms with Crippen LogP contribution in [0.2, 0.25) is 0 Å². The van der Waals surface area contributed by atoms with Crippen molar-refractivity contribution in [2.24, 2.45) is 5.92 Å². The fourth-order valence-electron chi connectivity index (χ4n) is 1.01. The van der Waals surface area contributed by atoms with Gasteiger partial charge in [-0.05, 0) is 18.8 Å². The zero-order chi connectivity index (χ0) is 12.4. The summed E-state index contributed by atoms with van der Waals surface area (Å²) < 4.78 is 0.111. The van der Waals surface area contributed by atoms with Crippen LogP contribution in [0.5, 0.6) is 0 Å². The van der Waals surface area contributed by atoms with E-state index in [1.165, 1.54) is 0 Å². The molecule has 0 amide bonds. The van der Waals surface area contributed by atoms with Crippen molar-refractivity contribution in [2.45, 2.75) is 26.7 Å². The SMILES string of the molecule is C=C(C(=O)OO)C(CC)CC.C=C(Cl)Cl. The number of carbonyl (C=O) groups excluding carboxylic acids is 1. The number of hydrogen-bond donors (Lipinski definition) is 1. The molecule has 88 valence electrons.